The second-order valence-corrected chi connectivity index (χ2v) is 9.02. The van der Waals surface area contributed by atoms with Crippen molar-refractivity contribution in [2.24, 2.45) is 0 Å². The van der Waals surface area contributed by atoms with Crippen molar-refractivity contribution in [1.29, 1.82) is 0 Å². The Kier molecular flexibility index (Phi) is 6.96. The van der Waals surface area contributed by atoms with Crippen LogP contribution in [0.2, 0.25) is 0 Å². The van der Waals surface area contributed by atoms with Crippen molar-refractivity contribution in [3.63, 3.8) is 0 Å². The summed E-state index contributed by atoms with van der Waals surface area (Å²) in [6.07, 6.45) is -5.16. The molecule has 0 radical (unpaired) electrons. The maximum atomic E-state index is 13.7. The third kappa shape index (κ3) is 4.63. The number of phenols is 3. The highest BCUT2D eigenvalue weighted by Gasteiger charge is 2.44. The third-order valence-corrected chi connectivity index (χ3v) is 6.07. The second kappa shape index (κ2) is 9.82. The van der Waals surface area contributed by atoms with Crippen LogP contribution in [0.1, 0.15) is 26.3 Å². The molecule has 1 aliphatic heterocycles. The molecule has 0 saturated carbocycles. The normalized spacial score (nSPS) is 24.0. The zero-order valence-electron chi connectivity index (χ0n) is 19.9. The minimum absolute atomic E-state index is 0.0409. The average Bonchev–Trinajstić information content (AvgIpc) is 2.82. The number of aliphatic hydroxyl groups excluding tert-OH is 3. The Morgan fingerprint density at radius 1 is 1.00 bits per heavy atom. The molecular weight excluding hydrogens is 472 g/mol. The van der Waals surface area contributed by atoms with E-state index in [1.54, 1.807) is 0 Å². The van der Waals surface area contributed by atoms with Crippen LogP contribution in [-0.2, 0) is 11.2 Å². The predicted octanol–water partition coefficient (Wildman–Crippen LogP) is 2.29. The van der Waals surface area contributed by atoms with E-state index in [0.29, 0.717) is 5.56 Å². The van der Waals surface area contributed by atoms with Crippen LogP contribution in [0.25, 0.3) is 22.3 Å². The van der Waals surface area contributed by atoms with Crippen LogP contribution >= 0.6 is 0 Å². The van der Waals surface area contributed by atoms with Crippen LogP contribution in [0, 0.1) is 0 Å². The molecule has 1 fully saturated rings. The van der Waals surface area contributed by atoms with Crippen LogP contribution in [0.3, 0.4) is 0 Å². The average molecular weight is 501 g/mol. The lowest BCUT2D eigenvalue weighted by Gasteiger charge is -2.38. The molecule has 0 unspecified atom stereocenters. The molecule has 10 nitrogen and oxygen atoms in total. The van der Waals surface area contributed by atoms with Gasteiger partial charge in [0.15, 0.2) is 5.76 Å². The Morgan fingerprint density at radius 3 is 2.31 bits per heavy atom. The van der Waals surface area contributed by atoms with Crippen molar-refractivity contribution < 1.29 is 44.5 Å². The van der Waals surface area contributed by atoms with Crippen molar-refractivity contribution in [3.8, 4) is 34.3 Å². The van der Waals surface area contributed by atoms with Crippen molar-refractivity contribution in [2.75, 3.05) is 0 Å². The van der Waals surface area contributed by atoms with E-state index >= 15 is 0 Å². The van der Waals surface area contributed by atoms with Gasteiger partial charge in [0.25, 0.3) is 0 Å². The molecule has 3 aromatic rings. The lowest BCUT2D eigenvalue weighted by Crippen LogP contribution is -2.58. The zero-order valence-corrected chi connectivity index (χ0v) is 19.9. The molecule has 36 heavy (non-hydrogen) atoms. The van der Waals surface area contributed by atoms with Crippen LogP contribution < -0.4 is 10.2 Å². The minimum Gasteiger partial charge on any atom is -0.508 e. The monoisotopic (exact) mass is 500 g/mol. The number of fused-ring (bicyclic) bond motifs is 1. The van der Waals surface area contributed by atoms with Crippen molar-refractivity contribution in [1.82, 2.24) is 0 Å². The van der Waals surface area contributed by atoms with Gasteiger partial charge in [-0.15, -0.1) is 0 Å². The highest BCUT2D eigenvalue weighted by Crippen LogP contribution is 2.40. The number of hydrogen-bond acceptors (Lipinski definition) is 10. The third-order valence-electron chi connectivity index (χ3n) is 6.07. The number of phenolic OH excluding ortho intramolecular Hbond substituents is 3. The number of ether oxygens (including phenoxy) is 2. The summed E-state index contributed by atoms with van der Waals surface area (Å²) in [4.78, 5) is 13.7. The molecule has 0 spiro atoms. The molecule has 0 bridgehead atoms. The van der Waals surface area contributed by atoms with E-state index in [-0.39, 0.29) is 40.2 Å². The molecule has 6 N–H and O–H groups in total. The van der Waals surface area contributed by atoms with Gasteiger partial charge in [0.1, 0.15) is 46.5 Å². The second-order valence-electron chi connectivity index (χ2n) is 9.02. The zero-order chi connectivity index (χ0) is 26.3. The Morgan fingerprint density at radius 2 is 1.67 bits per heavy atom. The van der Waals surface area contributed by atoms with Gasteiger partial charge in [-0.3, -0.25) is 4.79 Å². The highest BCUT2D eigenvalue weighted by atomic mass is 16.7. The molecule has 0 aliphatic carbocycles. The lowest BCUT2D eigenvalue weighted by atomic mass is 10.00. The first-order valence-corrected chi connectivity index (χ1v) is 11.3. The van der Waals surface area contributed by atoms with Gasteiger partial charge in [-0.1, -0.05) is 11.6 Å². The summed E-state index contributed by atoms with van der Waals surface area (Å²) in [6.45, 7) is 5.20. The molecule has 2 aromatic carbocycles. The summed E-state index contributed by atoms with van der Waals surface area (Å²) in [5, 5.41) is 61.1. The number of aromatic hydroxyl groups is 3. The topological polar surface area (TPSA) is 170 Å². The predicted molar refractivity (Wildman–Crippen MR) is 129 cm³/mol. The van der Waals surface area contributed by atoms with Gasteiger partial charge in [-0.2, -0.15) is 0 Å². The maximum Gasteiger partial charge on any atom is 0.239 e. The summed E-state index contributed by atoms with van der Waals surface area (Å²) in [6, 6.07) is 6.68. The lowest BCUT2D eigenvalue weighted by molar-refractivity contribution is -0.268. The largest absolute Gasteiger partial charge is 0.508 e. The SMILES string of the molecule is CC(C)=CCc1c(O)cc(O)c2c(=O)c(O[C@@H]3O[C@@H](C)[C@H](O)[C@H](O)[C@@H]3O)c(-c3ccc(O)cc3)oc12. The molecule has 1 aliphatic rings. The fourth-order valence-electron chi connectivity index (χ4n) is 4.01. The summed E-state index contributed by atoms with van der Waals surface area (Å²) in [5.74, 6) is -1.43. The maximum absolute atomic E-state index is 13.7. The van der Waals surface area contributed by atoms with Gasteiger partial charge in [0, 0.05) is 17.2 Å². The molecule has 0 amide bonds. The summed E-state index contributed by atoms with van der Waals surface area (Å²) in [7, 11) is 0. The number of benzene rings is 2. The fraction of sp³-hybridized carbons (Fsp3) is 0.346. The molecular formula is C26H28O10. The van der Waals surface area contributed by atoms with Gasteiger partial charge in [0.2, 0.25) is 17.5 Å². The van der Waals surface area contributed by atoms with E-state index in [1.165, 1.54) is 31.2 Å². The van der Waals surface area contributed by atoms with E-state index in [4.69, 9.17) is 13.9 Å². The van der Waals surface area contributed by atoms with Gasteiger partial charge in [-0.05, 0) is 51.5 Å². The summed E-state index contributed by atoms with van der Waals surface area (Å²) >= 11 is 0. The number of aliphatic hydroxyl groups is 3. The Balaban J connectivity index is 1.97. The van der Waals surface area contributed by atoms with Crippen LogP contribution in [0.5, 0.6) is 23.0 Å². The van der Waals surface area contributed by atoms with E-state index in [2.05, 4.69) is 0 Å². The number of hydrogen-bond donors (Lipinski definition) is 6. The highest BCUT2D eigenvalue weighted by molar-refractivity contribution is 5.91. The van der Waals surface area contributed by atoms with E-state index in [0.717, 1.165) is 11.6 Å². The molecule has 1 saturated heterocycles. The van der Waals surface area contributed by atoms with Gasteiger partial charge in [-0.25, -0.2) is 0 Å². The van der Waals surface area contributed by atoms with Crippen LogP contribution in [0.4, 0.5) is 0 Å². The first-order valence-electron chi connectivity index (χ1n) is 11.3. The number of rotatable bonds is 5. The standard InChI is InChI=1S/C26H28O10/c1-11(2)4-9-15-16(28)10-17(29)18-20(31)25(36-26-22(33)21(32)19(30)12(3)34-26)23(35-24(15)18)13-5-7-14(27)8-6-13/h4-8,10,12,19,21-22,26-30,32-33H,9H2,1-3H3/t12-,19-,21-,22-,26-/m0/s1. The van der Waals surface area contributed by atoms with Gasteiger partial charge >= 0.3 is 0 Å². The smallest absolute Gasteiger partial charge is 0.239 e. The van der Waals surface area contributed by atoms with Gasteiger partial charge < -0.3 is 44.5 Å². The summed E-state index contributed by atoms with van der Waals surface area (Å²) in [5.41, 5.74) is 0.624. The first kappa shape index (κ1) is 25.5. The van der Waals surface area contributed by atoms with E-state index < -0.39 is 47.6 Å². The Hall–Kier alpha value is -3.57. The molecule has 5 atom stereocenters. The molecule has 4 rings (SSSR count). The van der Waals surface area contributed by atoms with E-state index in [9.17, 15) is 35.4 Å². The van der Waals surface area contributed by atoms with Crippen molar-refractivity contribution in [3.05, 3.63) is 57.8 Å². The summed E-state index contributed by atoms with van der Waals surface area (Å²) < 4.78 is 17.3. The van der Waals surface area contributed by atoms with Crippen LogP contribution in [-0.4, -0.2) is 61.3 Å². The van der Waals surface area contributed by atoms with Crippen molar-refractivity contribution in [2.45, 2.75) is 57.9 Å². The first-order chi connectivity index (χ1) is 17.0. The quantitative estimate of drug-likeness (QED) is 0.286. The fourth-order valence-corrected chi connectivity index (χ4v) is 4.01. The van der Waals surface area contributed by atoms with Gasteiger partial charge in [0.05, 0.1) is 6.10 Å². The van der Waals surface area contributed by atoms with Crippen LogP contribution in [0.15, 0.2) is 51.2 Å². The molecule has 1 aromatic heterocycles. The van der Waals surface area contributed by atoms with E-state index in [1.807, 2.05) is 19.9 Å². The Labute approximate surface area is 205 Å². The minimum atomic E-state index is -1.71. The Bertz CT molecular complexity index is 1350. The number of allylic oxidation sites excluding steroid dienone is 2. The molecule has 10 heteroatoms. The molecule has 2 heterocycles. The molecule has 192 valence electrons. The van der Waals surface area contributed by atoms with Crippen molar-refractivity contribution >= 4 is 11.0 Å².